The molecule has 1 aliphatic rings. The molecule has 2 aromatic heterocycles. The number of hydrogen-bond acceptors (Lipinski definition) is 1. The summed E-state index contributed by atoms with van der Waals surface area (Å²) in [5.41, 5.74) is 3.95. The van der Waals surface area contributed by atoms with E-state index >= 15 is 0 Å². The zero-order chi connectivity index (χ0) is 10.5. The Labute approximate surface area is 93.2 Å². The Bertz CT molecular complexity index is 690. The minimum atomic E-state index is 0.981. The summed E-state index contributed by atoms with van der Waals surface area (Å²) in [6, 6.07) is 10.7. The van der Waals surface area contributed by atoms with E-state index in [4.69, 9.17) is 0 Å². The van der Waals surface area contributed by atoms with Gasteiger partial charge in [-0.25, -0.2) is 0 Å². The smallest absolute Gasteiger partial charge is 0.0534 e. The fraction of sp³-hybridized carbons (Fsp3) is 0.0714. The number of benzene rings is 1. The number of nitrogens with zero attached hydrogens (tertiary/aromatic N) is 2. The van der Waals surface area contributed by atoms with E-state index in [0.717, 1.165) is 6.42 Å². The van der Waals surface area contributed by atoms with Gasteiger partial charge in [0.2, 0.25) is 0 Å². The first-order valence-corrected chi connectivity index (χ1v) is 5.46. The first-order valence-electron chi connectivity index (χ1n) is 5.46. The van der Waals surface area contributed by atoms with Crippen molar-refractivity contribution in [3.63, 3.8) is 0 Å². The maximum Gasteiger partial charge on any atom is 0.0534 e. The molecule has 0 fully saturated rings. The molecule has 3 aromatic rings. The van der Waals surface area contributed by atoms with Crippen molar-refractivity contribution in [3.8, 4) is 5.69 Å². The average Bonchev–Trinajstić information content (AvgIpc) is 2.78. The van der Waals surface area contributed by atoms with Crippen LogP contribution in [-0.2, 0) is 6.42 Å². The Kier molecular flexibility index (Phi) is 1.38. The normalized spacial score (nSPS) is 12.8. The number of rotatable bonds is 0. The van der Waals surface area contributed by atoms with Crippen LogP contribution in [0.15, 0.2) is 48.9 Å². The molecule has 76 valence electrons. The standard InChI is InChI=1S/C14H10N2/c1-3-10-8-15-9-11-7-12-4-2-6-16(12)13(5-1)14(10)11/h1-6,8-9H,7H2. The lowest BCUT2D eigenvalue weighted by atomic mass is 9.99. The van der Waals surface area contributed by atoms with Gasteiger partial charge in [-0.05, 0) is 23.8 Å². The monoisotopic (exact) mass is 206 g/mol. The van der Waals surface area contributed by atoms with Crippen molar-refractivity contribution in [1.29, 1.82) is 0 Å². The van der Waals surface area contributed by atoms with Gasteiger partial charge in [-0.3, -0.25) is 4.98 Å². The quantitative estimate of drug-likeness (QED) is 0.432. The molecule has 16 heavy (non-hydrogen) atoms. The maximum atomic E-state index is 4.31. The van der Waals surface area contributed by atoms with E-state index in [1.165, 1.54) is 27.7 Å². The van der Waals surface area contributed by atoms with Crippen LogP contribution in [0.3, 0.4) is 0 Å². The van der Waals surface area contributed by atoms with Gasteiger partial charge in [-0.15, -0.1) is 0 Å². The van der Waals surface area contributed by atoms with Crippen LogP contribution in [0.2, 0.25) is 0 Å². The first kappa shape index (κ1) is 8.11. The van der Waals surface area contributed by atoms with Crippen LogP contribution in [0, 0.1) is 0 Å². The number of hydrogen-bond donors (Lipinski definition) is 0. The van der Waals surface area contributed by atoms with Crippen molar-refractivity contribution in [3.05, 3.63) is 60.2 Å². The zero-order valence-electron chi connectivity index (χ0n) is 8.72. The lowest BCUT2D eigenvalue weighted by Crippen LogP contribution is -2.07. The first-order chi connectivity index (χ1) is 7.93. The third kappa shape index (κ3) is 0.890. The minimum absolute atomic E-state index is 0.981. The van der Waals surface area contributed by atoms with Gasteiger partial charge in [0.25, 0.3) is 0 Å². The summed E-state index contributed by atoms with van der Waals surface area (Å²) in [4.78, 5) is 4.31. The lowest BCUT2D eigenvalue weighted by molar-refractivity contribution is 0.941. The molecule has 0 spiro atoms. The van der Waals surface area contributed by atoms with Crippen LogP contribution < -0.4 is 0 Å². The summed E-state index contributed by atoms with van der Waals surface area (Å²) in [6.45, 7) is 0. The van der Waals surface area contributed by atoms with Gasteiger partial charge in [0.05, 0.1) is 5.69 Å². The van der Waals surface area contributed by atoms with Crippen LogP contribution >= 0.6 is 0 Å². The highest BCUT2D eigenvalue weighted by atomic mass is 15.0. The van der Waals surface area contributed by atoms with Crippen molar-refractivity contribution in [1.82, 2.24) is 9.55 Å². The highest BCUT2D eigenvalue weighted by Gasteiger charge is 2.16. The molecule has 3 heterocycles. The zero-order valence-corrected chi connectivity index (χ0v) is 8.72. The van der Waals surface area contributed by atoms with Gasteiger partial charge in [0.15, 0.2) is 0 Å². The van der Waals surface area contributed by atoms with E-state index in [9.17, 15) is 0 Å². The van der Waals surface area contributed by atoms with E-state index in [1.54, 1.807) is 0 Å². The molecular weight excluding hydrogens is 196 g/mol. The summed E-state index contributed by atoms with van der Waals surface area (Å²) in [7, 11) is 0. The summed E-state index contributed by atoms with van der Waals surface area (Å²) < 4.78 is 2.27. The van der Waals surface area contributed by atoms with Crippen molar-refractivity contribution < 1.29 is 0 Å². The van der Waals surface area contributed by atoms with E-state index in [2.05, 4.69) is 46.1 Å². The molecule has 0 saturated carbocycles. The molecule has 1 aromatic carbocycles. The summed E-state index contributed by atoms with van der Waals surface area (Å²) in [5, 5.41) is 2.58. The predicted octanol–water partition coefficient (Wildman–Crippen LogP) is 2.93. The fourth-order valence-corrected chi connectivity index (χ4v) is 2.61. The molecule has 1 aliphatic heterocycles. The highest BCUT2D eigenvalue weighted by molar-refractivity contribution is 5.93. The van der Waals surface area contributed by atoms with Crippen molar-refractivity contribution >= 4 is 10.8 Å². The second kappa shape index (κ2) is 2.73. The highest BCUT2D eigenvalue weighted by Crippen LogP contribution is 2.32. The SMILES string of the molecule is c1cc2c3c(cncc3c1)Cc1cccn1-2. The minimum Gasteiger partial charge on any atom is -0.320 e. The van der Waals surface area contributed by atoms with Crippen LogP contribution in [0.25, 0.3) is 16.5 Å². The topological polar surface area (TPSA) is 17.8 Å². The Morgan fingerprint density at radius 3 is 3.06 bits per heavy atom. The summed E-state index contributed by atoms with van der Waals surface area (Å²) >= 11 is 0. The largest absolute Gasteiger partial charge is 0.320 e. The molecule has 0 radical (unpaired) electrons. The van der Waals surface area contributed by atoms with E-state index in [0.29, 0.717) is 0 Å². The summed E-state index contributed by atoms with van der Waals surface area (Å²) in [6.07, 6.45) is 7.04. The average molecular weight is 206 g/mol. The summed E-state index contributed by atoms with van der Waals surface area (Å²) in [5.74, 6) is 0. The van der Waals surface area contributed by atoms with Gasteiger partial charge in [-0.2, -0.15) is 0 Å². The molecule has 0 amide bonds. The molecule has 2 heteroatoms. The van der Waals surface area contributed by atoms with Gasteiger partial charge >= 0.3 is 0 Å². The molecular formula is C14H10N2. The van der Waals surface area contributed by atoms with Crippen LogP contribution in [-0.4, -0.2) is 9.55 Å². The third-order valence-electron chi connectivity index (χ3n) is 3.30. The molecule has 0 atom stereocenters. The molecule has 0 saturated heterocycles. The van der Waals surface area contributed by atoms with Crippen molar-refractivity contribution in [2.24, 2.45) is 0 Å². The van der Waals surface area contributed by atoms with E-state index in [1.807, 2.05) is 12.4 Å². The molecule has 0 aliphatic carbocycles. The van der Waals surface area contributed by atoms with Gasteiger partial charge in [0.1, 0.15) is 0 Å². The molecule has 0 bridgehead atoms. The van der Waals surface area contributed by atoms with E-state index in [-0.39, 0.29) is 0 Å². The number of aromatic nitrogens is 2. The van der Waals surface area contributed by atoms with Crippen LogP contribution in [0.1, 0.15) is 11.3 Å². The molecule has 0 N–H and O–H groups in total. The van der Waals surface area contributed by atoms with Gasteiger partial charge in [0, 0.05) is 41.5 Å². The molecule has 4 rings (SSSR count). The van der Waals surface area contributed by atoms with Crippen molar-refractivity contribution in [2.75, 3.05) is 0 Å². The fourth-order valence-electron chi connectivity index (χ4n) is 2.61. The Balaban J connectivity index is 2.25. The van der Waals surface area contributed by atoms with E-state index < -0.39 is 0 Å². The number of pyridine rings is 1. The predicted molar refractivity (Wildman–Crippen MR) is 63.9 cm³/mol. The molecule has 0 unspecified atom stereocenters. The Morgan fingerprint density at radius 2 is 2.06 bits per heavy atom. The third-order valence-corrected chi connectivity index (χ3v) is 3.30. The molecule has 2 nitrogen and oxygen atoms in total. The van der Waals surface area contributed by atoms with Gasteiger partial charge < -0.3 is 4.57 Å². The van der Waals surface area contributed by atoms with Crippen LogP contribution in [0.4, 0.5) is 0 Å². The van der Waals surface area contributed by atoms with Gasteiger partial charge in [-0.1, -0.05) is 12.1 Å². The Hall–Kier alpha value is -2.09. The maximum absolute atomic E-state index is 4.31. The lowest BCUT2D eigenvalue weighted by Gasteiger charge is -2.19. The second-order valence-corrected chi connectivity index (χ2v) is 4.22. The van der Waals surface area contributed by atoms with Crippen LogP contribution in [0.5, 0.6) is 0 Å². The number of fused-ring (bicyclic) bond motifs is 2. The second-order valence-electron chi connectivity index (χ2n) is 4.22. The van der Waals surface area contributed by atoms with Crippen molar-refractivity contribution in [2.45, 2.75) is 6.42 Å². The Morgan fingerprint density at radius 1 is 1.06 bits per heavy atom.